The van der Waals surface area contributed by atoms with Gasteiger partial charge in [0.2, 0.25) is 6.71 Å². The summed E-state index contributed by atoms with van der Waals surface area (Å²) >= 11 is 2.26. The molecule has 4 atom stereocenters. The van der Waals surface area contributed by atoms with Gasteiger partial charge in [0.1, 0.15) is 0 Å². The van der Waals surface area contributed by atoms with Gasteiger partial charge in [-0.25, -0.2) is 0 Å². The van der Waals surface area contributed by atoms with Crippen molar-refractivity contribution in [2.24, 2.45) is 28.1 Å². The zero-order valence-electron chi connectivity index (χ0n) is 47.2. The van der Waals surface area contributed by atoms with Gasteiger partial charge in [-0.15, -0.1) is 0 Å². The van der Waals surface area contributed by atoms with E-state index in [4.69, 9.17) is 0 Å². The molecule has 1 saturated carbocycles. The van der Waals surface area contributed by atoms with Crippen LogP contribution < -0.4 is 15.3 Å². The molecular formula is C67H87BN2S. The minimum atomic E-state index is -0.0169. The van der Waals surface area contributed by atoms with Gasteiger partial charge < -0.3 is 9.80 Å². The van der Waals surface area contributed by atoms with Gasteiger partial charge in [-0.05, 0) is 156 Å². The van der Waals surface area contributed by atoms with Gasteiger partial charge in [0.25, 0.3) is 0 Å². The Morgan fingerprint density at radius 1 is 0.634 bits per heavy atom. The Morgan fingerprint density at radius 3 is 1.87 bits per heavy atom. The zero-order chi connectivity index (χ0) is 51.2. The number of hydrogen-bond donors (Lipinski definition) is 0. The van der Waals surface area contributed by atoms with Crippen molar-refractivity contribution < 1.29 is 0 Å². The molecule has 0 aromatic heterocycles. The summed E-state index contributed by atoms with van der Waals surface area (Å²) in [5.41, 5.74) is 22.2. The summed E-state index contributed by atoms with van der Waals surface area (Å²) in [6.45, 7) is 44.8. The number of allylic oxidation sites excluding steroid dienone is 5. The Kier molecular flexibility index (Phi) is 12.0. The highest BCUT2D eigenvalue weighted by Gasteiger charge is 2.57. The van der Waals surface area contributed by atoms with Crippen LogP contribution in [0.4, 0.5) is 17.1 Å². The number of anilines is 3. The summed E-state index contributed by atoms with van der Waals surface area (Å²) in [5, 5.41) is 0.288. The molecule has 3 aliphatic heterocycles. The van der Waals surface area contributed by atoms with E-state index in [1.165, 1.54) is 81.9 Å². The van der Waals surface area contributed by atoms with E-state index in [0.29, 0.717) is 5.92 Å². The van der Waals surface area contributed by atoms with Crippen molar-refractivity contribution in [3.05, 3.63) is 153 Å². The molecule has 4 heteroatoms. The van der Waals surface area contributed by atoms with E-state index in [1.54, 1.807) is 27.7 Å². The van der Waals surface area contributed by atoms with Crippen LogP contribution in [0.1, 0.15) is 179 Å². The van der Waals surface area contributed by atoms with Gasteiger partial charge in [0.05, 0.1) is 5.69 Å². The van der Waals surface area contributed by atoms with Crippen LogP contribution >= 0.6 is 11.8 Å². The van der Waals surface area contributed by atoms with Crippen molar-refractivity contribution in [1.82, 2.24) is 0 Å². The maximum Gasteiger partial charge on any atom is 0.232 e. The molecule has 0 spiro atoms. The lowest BCUT2D eigenvalue weighted by Crippen LogP contribution is -2.65. The van der Waals surface area contributed by atoms with Gasteiger partial charge in [-0.1, -0.05) is 204 Å². The van der Waals surface area contributed by atoms with Crippen molar-refractivity contribution in [2.45, 2.75) is 190 Å². The average molecular weight is 963 g/mol. The molecule has 71 heavy (non-hydrogen) atoms. The second-order valence-corrected chi connectivity index (χ2v) is 29.9. The lowest BCUT2D eigenvalue weighted by atomic mass is 9.31. The predicted octanol–water partition coefficient (Wildman–Crippen LogP) is 17.8. The Bertz CT molecular complexity index is 2880. The SMILES string of the molecule is C[C@H]1/C=C2\C(=C/CSC3B4C5=C(CC(C(C)(C)C)C=C5N(c5ccc(C(C)(C)C)cc5)C31)N(c1ccc(C(C)(C)C)cc1-c1ccccc1)c1c4ccc3c1C(C)(C)CCC3(C)C)C(C)(C)CCC2(C)C. The van der Waals surface area contributed by atoms with Crippen LogP contribution in [-0.4, -0.2) is 23.7 Å². The van der Waals surface area contributed by atoms with Crippen molar-refractivity contribution in [3.8, 4) is 11.1 Å². The van der Waals surface area contributed by atoms with Gasteiger partial charge in [-0.2, -0.15) is 11.8 Å². The number of fused-ring (bicyclic) bond motifs is 7. The van der Waals surface area contributed by atoms with E-state index in [2.05, 4.69) is 249 Å². The van der Waals surface area contributed by atoms with Crippen LogP contribution in [0.3, 0.4) is 0 Å². The van der Waals surface area contributed by atoms with Crippen molar-refractivity contribution in [3.63, 3.8) is 0 Å². The van der Waals surface area contributed by atoms with E-state index in [9.17, 15) is 0 Å². The number of nitrogens with zero attached hydrogens (tertiary/aromatic N) is 2. The third-order valence-corrected chi connectivity index (χ3v) is 20.0. The molecule has 6 aliphatic rings. The molecule has 3 aliphatic carbocycles. The first kappa shape index (κ1) is 50.4. The Labute approximate surface area is 436 Å². The number of hydrogen-bond acceptors (Lipinski definition) is 3. The highest BCUT2D eigenvalue weighted by atomic mass is 32.2. The summed E-state index contributed by atoms with van der Waals surface area (Å²) in [7, 11) is 0. The van der Waals surface area contributed by atoms with Crippen LogP contribution in [-0.2, 0) is 21.7 Å². The fraction of sp³-hybridized carbons (Fsp3) is 0.522. The van der Waals surface area contributed by atoms with E-state index < -0.39 is 0 Å². The maximum atomic E-state index is 2.91. The predicted molar refractivity (Wildman–Crippen MR) is 312 cm³/mol. The third kappa shape index (κ3) is 8.49. The topological polar surface area (TPSA) is 6.48 Å². The molecule has 0 N–H and O–H groups in total. The first-order valence-electron chi connectivity index (χ1n) is 27.6. The molecule has 1 saturated heterocycles. The molecule has 0 bridgehead atoms. The van der Waals surface area contributed by atoms with Crippen LogP contribution in [0.2, 0.25) is 0 Å². The molecule has 2 nitrogen and oxygen atoms in total. The molecular weight excluding hydrogens is 876 g/mol. The van der Waals surface area contributed by atoms with E-state index in [0.717, 1.165) is 12.2 Å². The standard InChI is InChI=1S/C67H87BN2S/c1-42-38-51-49(64(11,12)33-34-66(51,15)16)32-37-71-60-58(42)69(47-27-24-44(25-28-47)61(2,3)4)54-40-46(63(8,9)10)41-55-57(54)68(60)52-30-29-50-56(67(17,18)36-35-65(50,13)14)59(52)70(55)53-31-26-45(62(5,6)7)39-48(53)43-22-20-19-21-23-43/h19-32,38-40,42,46,58,60H,33-37,41H2,1-18H3/b49-32+,51-38+/t42-,46?,58?,60?/m0/s1. The first-order chi connectivity index (χ1) is 33.0. The van der Waals surface area contributed by atoms with Crippen LogP contribution in [0.5, 0.6) is 0 Å². The van der Waals surface area contributed by atoms with E-state index in [1.807, 2.05) is 0 Å². The molecule has 2 fully saturated rings. The Hall–Kier alpha value is -4.15. The number of benzene rings is 4. The number of rotatable bonds is 3. The van der Waals surface area contributed by atoms with Gasteiger partial charge >= 0.3 is 0 Å². The van der Waals surface area contributed by atoms with E-state index in [-0.39, 0.29) is 61.7 Å². The molecule has 3 heterocycles. The van der Waals surface area contributed by atoms with Gasteiger partial charge in [0.15, 0.2) is 0 Å². The van der Waals surface area contributed by atoms with Crippen molar-refractivity contribution in [2.75, 3.05) is 15.6 Å². The second-order valence-electron chi connectivity index (χ2n) is 28.7. The average Bonchev–Trinajstić information content (AvgIpc) is 3.36. The molecule has 3 unspecified atom stereocenters. The molecule has 4 aromatic rings. The molecule has 10 rings (SSSR count). The fourth-order valence-electron chi connectivity index (χ4n) is 13.9. The highest BCUT2D eigenvalue weighted by Crippen LogP contribution is 2.60. The number of thioether (sulfide) groups is 1. The van der Waals surface area contributed by atoms with Crippen molar-refractivity contribution in [1.29, 1.82) is 0 Å². The molecule has 0 radical (unpaired) electrons. The molecule has 4 aromatic carbocycles. The Morgan fingerprint density at radius 2 is 1.24 bits per heavy atom. The highest BCUT2D eigenvalue weighted by molar-refractivity contribution is 8.01. The monoisotopic (exact) mass is 963 g/mol. The van der Waals surface area contributed by atoms with Crippen LogP contribution in [0, 0.1) is 28.1 Å². The van der Waals surface area contributed by atoms with Crippen molar-refractivity contribution >= 4 is 41.0 Å². The summed E-state index contributed by atoms with van der Waals surface area (Å²) in [4.78, 5) is 5.81. The van der Waals surface area contributed by atoms with E-state index >= 15 is 0 Å². The lowest BCUT2D eigenvalue weighted by molar-refractivity contribution is 0.257. The minimum Gasteiger partial charge on any atom is -0.338 e. The third-order valence-electron chi connectivity index (χ3n) is 18.7. The summed E-state index contributed by atoms with van der Waals surface area (Å²) in [6, 6.07) is 34.2. The molecule has 0 amide bonds. The zero-order valence-corrected chi connectivity index (χ0v) is 48.1. The van der Waals surface area contributed by atoms with Gasteiger partial charge in [-0.3, -0.25) is 0 Å². The first-order valence-corrected chi connectivity index (χ1v) is 28.6. The summed E-state index contributed by atoms with van der Waals surface area (Å²) < 4.78 is 0. The Balaban J connectivity index is 1.35. The van der Waals surface area contributed by atoms with Crippen LogP contribution in [0.25, 0.3) is 11.1 Å². The maximum absolute atomic E-state index is 2.91. The smallest absolute Gasteiger partial charge is 0.232 e. The summed E-state index contributed by atoms with van der Waals surface area (Å²) in [6.07, 6.45) is 14.1. The lowest BCUT2D eigenvalue weighted by Gasteiger charge is -2.57. The van der Waals surface area contributed by atoms with Gasteiger partial charge in [0, 0.05) is 45.3 Å². The normalized spacial score (nSPS) is 27.0. The largest absolute Gasteiger partial charge is 0.338 e. The molecule has 374 valence electrons. The quantitative estimate of drug-likeness (QED) is 0.189. The summed E-state index contributed by atoms with van der Waals surface area (Å²) in [5.74, 6) is 1.61. The minimum absolute atomic E-state index is 0.00307. The second kappa shape index (κ2) is 16.9. The van der Waals surface area contributed by atoms with Crippen LogP contribution in [0.15, 0.2) is 131 Å². The fourth-order valence-corrected chi connectivity index (χ4v) is 15.4.